The molecule has 1 aromatic rings. The van der Waals surface area contributed by atoms with Gasteiger partial charge in [-0.1, -0.05) is 0 Å². The standard InChI is InChI=1S/C14H16N2O3S3/c1-16-10(14(18)19)6-22-13(16)9-5-21-12(15-9)8-3-2-7(20)4-11(8)17/h2-4,9-10,13,17,20H,5-6H2,1H3,(H,18,19)/p+1/t9?,10-,13?/m1/s1. The predicted octanol–water partition coefficient (Wildman–Crippen LogP) is 1.08. The number of phenolic OH excluding ortho intramolecular Hbond substituents is 1. The second kappa shape index (κ2) is 6.35. The molecule has 3 rings (SSSR count). The lowest BCUT2D eigenvalue weighted by molar-refractivity contribution is -0.141. The summed E-state index contributed by atoms with van der Waals surface area (Å²) in [5.41, 5.74) is 0.731. The molecule has 0 spiro atoms. The van der Waals surface area contributed by atoms with Gasteiger partial charge in [0.1, 0.15) is 16.8 Å². The summed E-state index contributed by atoms with van der Waals surface area (Å²) in [6.45, 7) is 0. The number of carboxylic acids is 1. The lowest BCUT2D eigenvalue weighted by Gasteiger charge is -2.24. The Kier molecular flexibility index (Phi) is 4.63. The molecule has 1 aromatic carbocycles. The van der Waals surface area contributed by atoms with Crippen LogP contribution in [0.1, 0.15) is 5.56 Å². The zero-order valence-corrected chi connectivity index (χ0v) is 14.5. The van der Waals surface area contributed by atoms with Gasteiger partial charge in [0.2, 0.25) is 0 Å². The molecule has 5 nitrogen and oxygen atoms in total. The molecule has 1 saturated heterocycles. The molecule has 2 unspecified atom stereocenters. The van der Waals surface area contributed by atoms with Crippen LogP contribution in [0.3, 0.4) is 0 Å². The Bertz CT molecular complexity index is 638. The monoisotopic (exact) mass is 357 g/mol. The van der Waals surface area contributed by atoms with Crippen molar-refractivity contribution >= 4 is 47.2 Å². The number of likely N-dealkylation sites (N-methyl/N-ethyl adjacent to an activating group) is 1. The first-order valence-electron chi connectivity index (χ1n) is 6.79. The van der Waals surface area contributed by atoms with Crippen molar-refractivity contribution in [1.29, 1.82) is 0 Å². The van der Waals surface area contributed by atoms with Crippen LogP contribution in [0.15, 0.2) is 28.1 Å². The van der Waals surface area contributed by atoms with Crippen molar-refractivity contribution in [2.75, 3.05) is 18.6 Å². The third-order valence-electron chi connectivity index (χ3n) is 3.83. The first kappa shape index (κ1) is 16.0. The quantitative estimate of drug-likeness (QED) is 0.789. The van der Waals surface area contributed by atoms with Crippen LogP contribution in [0.5, 0.6) is 5.75 Å². The molecular formula is C14H17N2O3S3+. The van der Waals surface area contributed by atoms with E-state index < -0.39 is 12.0 Å². The number of carboxylic acid groups (broad SMARTS) is 1. The lowest BCUT2D eigenvalue weighted by Crippen LogP contribution is -2.42. The average molecular weight is 358 g/mol. The average Bonchev–Trinajstić information content (AvgIpc) is 3.05. The Labute approximate surface area is 142 Å². The number of aliphatic carboxylic acids is 1. The van der Waals surface area contributed by atoms with Crippen LogP contribution in [0.4, 0.5) is 0 Å². The van der Waals surface area contributed by atoms with Crippen LogP contribution < -0.4 is 0 Å². The topological polar surface area (TPSA) is 73.1 Å². The third kappa shape index (κ3) is 2.97. The summed E-state index contributed by atoms with van der Waals surface area (Å²) in [5.74, 6) is 0.817. The van der Waals surface area contributed by atoms with E-state index in [0.717, 1.165) is 21.3 Å². The van der Waals surface area contributed by atoms with Gasteiger partial charge in [0.05, 0.1) is 11.4 Å². The highest BCUT2D eigenvalue weighted by molar-refractivity contribution is 8.14. The Balaban J connectivity index is 1.79. The number of aliphatic imine (C=N–C) groups is 1. The number of aromatic hydroxyl groups is 1. The molecule has 8 heteroatoms. The number of phenols is 1. The Hall–Kier alpha value is -0.830. The summed E-state index contributed by atoms with van der Waals surface area (Å²) in [7, 11) is 1.85. The number of benzene rings is 1. The maximum atomic E-state index is 11.2. The van der Waals surface area contributed by atoms with Crippen molar-refractivity contribution in [1.82, 2.24) is 4.90 Å². The van der Waals surface area contributed by atoms with Gasteiger partial charge in [-0.05, 0) is 31.8 Å². The molecule has 118 valence electrons. The maximum Gasteiger partial charge on any atom is 0.321 e. The summed E-state index contributed by atoms with van der Waals surface area (Å²) < 4.78 is 0. The van der Waals surface area contributed by atoms with E-state index >= 15 is 0 Å². The number of rotatable bonds is 3. The highest BCUT2D eigenvalue weighted by Gasteiger charge is 2.41. The van der Waals surface area contributed by atoms with Gasteiger partial charge >= 0.3 is 5.97 Å². The largest absolute Gasteiger partial charge is 0.507 e. The lowest BCUT2D eigenvalue weighted by atomic mass is 10.2. The van der Waals surface area contributed by atoms with E-state index in [1.165, 1.54) is 0 Å². The molecule has 0 aliphatic carbocycles. The fourth-order valence-electron chi connectivity index (χ4n) is 2.63. The Morgan fingerprint density at radius 2 is 2.23 bits per heavy atom. The summed E-state index contributed by atoms with van der Waals surface area (Å²) in [5, 5.41) is 20.1. The molecule has 0 saturated carbocycles. The third-order valence-corrected chi connectivity index (χ3v) is 6.75. The smallest absolute Gasteiger partial charge is 0.321 e. The van der Waals surface area contributed by atoms with E-state index in [-0.39, 0.29) is 17.2 Å². The van der Waals surface area contributed by atoms with Crippen LogP contribution >= 0.6 is 23.5 Å². The van der Waals surface area contributed by atoms with Gasteiger partial charge in [0.15, 0.2) is 4.90 Å². The van der Waals surface area contributed by atoms with Gasteiger partial charge in [-0.25, -0.2) is 0 Å². The van der Waals surface area contributed by atoms with Gasteiger partial charge in [-0.15, -0.1) is 23.5 Å². The minimum atomic E-state index is -0.780. The van der Waals surface area contributed by atoms with Crippen molar-refractivity contribution in [3.63, 3.8) is 0 Å². The van der Waals surface area contributed by atoms with Gasteiger partial charge in [0, 0.05) is 23.1 Å². The molecule has 22 heavy (non-hydrogen) atoms. The molecular weight excluding hydrogens is 340 g/mol. The van der Waals surface area contributed by atoms with Crippen molar-refractivity contribution in [3.8, 4) is 5.75 Å². The molecule has 0 bridgehead atoms. The first-order valence-corrected chi connectivity index (χ1v) is 9.32. The maximum absolute atomic E-state index is 11.2. The molecule has 2 aliphatic heterocycles. The van der Waals surface area contributed by atoms with Gasteiger partial charge in [-0.3, -0.25) is 14.7 Å². The SMILES string of the molecule is CN1C(C2CSC(c3ccc([SH2+])cc3O)=N2)SC[C@@H]1C(=O)O. The van der Waals surface area contributed by atoms with Crippen molar-refractivity contribution in [2.24, 2.45) is 4.99 Å². The van der Waals surface area contributed by atoms with Gasteiger partial charge in [0.25, 0.3) is 0 Å². The van der Waals surface area contributed by atoms with Crippen molar-refractivity contribution < 1.29 is 15.0 Å². The zero-order valence-electron chi connectivity index (χ0n) is 11.9. The molecule has 0 aromatic heterocycles. The first-order chi connectivity index (χ1) is 10.5. The molecule has 2 heterocycles. The Morgan fingerprint density at radius 3 is 2.86 bits per heavy atom. The highest BCUT2D eigenvalue weighted by Crippen LogP contribution is 2.37. The normalized spacial score (nSPS) is 28.8. The summed E-state index contributed by atoms with van der Waals surface area (Å²) in [6, 6.07) is 4.97. The van der Waals surface area contributed by atoms with Crippen LogP contribution in [-0.2, 0) is 17.4 Å². The van der Waals surface area contributed by atoms with E-state index in [1.807, 2.05) is 24.1 Å². The highest BCUT2D eigenvalue weighted by atomic mass is 32.2. The van der Waals surface area contributed by atoms with Crippen molar-refractivity contribution in [3.05, 3.63) is 23.8 Å². The van der Waals surface area contributed by atoms with Crippen LogP contribution in [0, 0.1) is 0 Å². The van der Waals surface area contributed by atoms with Gasteiger partial charge < -0.3 is 10.2 Å². The van der Waals surface area contributed by atoms with E-state index in [4.69, 9.17) is 4.99 Å². The minimum absolute atomic E-state index is 0.0435. The van der Waals surface area contributed by atoms with E-state index in [0.29, 0.717) is 5.75 Å². The number of hydrogen-bond donors (Lipinski definition) is 2. The van der Waals surface area contributed by atoms with Crippen LogP contribution in [-0.4, -0.2) is 62.1 Å². The molecule has 2 N–H and O–H groups in total. The summed E-state index contributed by atoms with van der Waals surface area (Å²) in [6.07, 6.45) is 0. The van der Waals surface area contributed by atoms with E-state index in [2.05, 4.69) is 12.6 Å². The fraction of sp³-hybridized carbons (Fsp3) is 0.429. The number of hydrogen-bond acceptors (Lipinski definition) is 6. The van der Waals surface area contributed by atoms with E-state index in [9.17, 15) is 15.0 Å². The van der Waals surface area contributed by atoms with Crippen LogP contribution in [0.2, 0.25) is 0 Å². The second-order valence-electron chi connectivity index (χ2n) is 5.29. The molecule has 0 radical (unpaired) electrons. The number of nitrogens with zero attached hydrogens (tertiary/aromatic N) is 2. The van der Waals surface area contributed by atoms with Crippen LogP contribution in [0.25, 0.3) is 0 Å². The number of thioether (sulfide) groups is 2. The Morgan fingerprint density at radius 1 is 1.45 bits per heavy atom. The molecule has 3 atom stereocenters. The molecule has 2 aliphatic rings. The van der Waals surface area contributed by atoms with Crippen molar-refractivity contribution in [2.45, 2.75) is 22.4 Å². The zero-order chi connectivity index (χ0) is 15.9. The van der Waals surface area contributed by atoms with E-state index in [1.54, 1.807) is 29.6 Å². The fourth-order valence-corrected chi connectivity index (χ4v) is 5.61. The molecule has 0 amide bonds. The second-order valence-corrected chi connectivity index (χ2v) is 8.02. The number of carbonyl (C=O) groups is 1. The minimum Gasteiger partial charge on any atom is -0.507 e. The van der Waals surface area contributed by atoms with Gasteiger partial charge in [-0.2, -0.15) is 0 Å². The summed E-state index contributed by atoms with van der Waals surface area (Å²) in [4.78, 5) is 18.6. The molecule has 1 fully saturated rings. The summed E-state index contributed by atoms with van der Waals surface area (Å²) >= 11 is 6.63. The predicted molar refractivity (Wildman–Crippen MR) is 94.7 cm³/mol.